The molecule has 2 aromatic carbocycles. The van der Waals surface area contributed by atoms with E-state index in [-0.39, 0.29) is 48.2 Å². The van der Waals surface area contributed by atoms with Crippen LogP contribution in [0.4, 0.5) is 10.1 Å². The fraction of sp³-hybridized carbons (Fsp3) is 0.333. The number of anilines is 1. The topological polar surface area (TPSA) is 85.8 Å². The number of carbonyl (C=O) groups is 1. The zero-order chi connectivity index (χ0) is 19.9. The molecule has 6 nitrogen and oxygen atoms in total. The average molecular weight is 512 g/mol. The van der Waals surface area contributed by atoms with Crippen molar-refractivity contribution in [3.63, 3.8) is 0 Å². The van der Waals surface area contributed by atoms with Gasteiger partial charge in [0, 0.05) is 31.1 Å². The lowest BCUT2D eigenvalue weighted by Crippen LogP contribution is -2.41. The molecule has 2 atom stereocenters. The van der Waals surface area contributed by atoms with E-state index in [2.05, 4.69) is 20.9 Å². The first kappa shape index (κ1) is 23.1. The summed E-state index contributed by atoms with van der Waals surface area (Å²) in [6.07, 6.45) is -0.418. The summed E-state index contributed by atoms with van der Waals surface area (Å²) >= 11 is 0. The van der Waals surface area contributed by atoms with Crippen LogP contribution in [0, 0.1) is 5.82 Å². The van der Waals surface area contributed by atoms with Gasteiger partial charge in [0.25, 0.3) is 0 Å². The van der Waals surface area contributed by atoms with E-state index in [1.165, 1.54) is 12.1 Å². The number of nitrogens with one attached hydrogen (secondary N) is 3. The van der Waals surface area contributed by atoms with Crippen LogP contribution in [0.2, 0.25) is 0 Å². The Morgan fingerprint density at radius 3 is 2.69 bits per heavy atom. The van der Waals surface area contributed by atoms with Crippen molar-refractivity contribution in [1.82, 2.24) is 10.6 Å². The third-order valence-corrected chi connectivity index (χ3v) is 4.64. The van der Waals surface area contributed by atoms with Crippen LogP contribution in [-0.4, -0.2) is 36.6 Å². The predicted molar refractivity (Wildman–Crippen MR) is 123 cm³/mol. The molecule has 0 saturated heterocycles. The average Bonchev–Trinajstić information content (AvgIpc) is 2.70. The van der Waals surface area contributed by atoms with Gasteiger partial charge < -0.3 is 21.1 Å². The first-order valence-electron chi connectivity index (χ1n) is 9.41. The highest BCUT2D eigenvalue weighted by molar-refractivity contribution is 14.0. The number of rotatable bonds is 6. The van der Waals surface area contributed by atoms with Gasteiger partial charge in [-0.25, -0.2) is 4.39 Å². The van der Waals surface area contributed by atoms with Crippen LogP contribution in [0.25, 0.3) is 0 Å². The lowest BCUT2D eigenvalue weighted by Gasteiger charge is -2.26. The van der Waals surface area contributed by atoms with Gasteiger partial charge in [-0.15, -0.1) is 24.0 Å². The Balaban J connectivity index is 0.00000300. The number of guanidine groups is 1. The lowest BCUT2D eigenvalue weighted by molar-refractivity contribution is -0.116. The maximum absolute atomic E-state index is 13.0. The van der Waals surface area contributed by atoms with Gasteiger partial charge in [0.1, 0.15) is 5.82 Å². The summed E-state index contributed by atoms with van der Waals surface area (Å²) in [5, 5.41) is 19.6. The van der Waals surface area contributed by atoms with E-state index in [1.807, 2.05) is 31.2 Å². The fourth-order valence-corrected chi connectivity index (χ4v) is 3.21. The monoisotopic (exact) mass is 512 g/mol. The van der Waals surface area contributed by atoms with Gasteiger partial charge in [-0.1, -0.05) is 30.3 Å². The van der Waals surface area contributed by atoms with E-state index in [0.717, 1.165) is 11.3 Å². The summed E-state index contributed by atoms with van der Waals surface area (Å²) in [5.41, 5.74) is 2.55. The van der Waals surface area contributed by atoms with Crippen LogP contribution < -0.4 is 16.0 Å². The molecule has 29 heavy (non-hydrogen) atoms. The summed E-state index contributed by atoms with van der Waals surface area (Å²) in [4.78, 5) is 16.4. The molecule has 8 heteroatoms. The number of carbonyl (C=O) groups excluding carboxylic acids is 1. The Labute approximate surface area is 187 Å². The summed E-state index contributed by atoms with van der Waals surface area (Å²) in [7, 11) is 0. The lowest BCUT2D eigenvalue weighted by atomic mass is 9.90. The number of benzene rings is 2. The highest BCUT2D eigenvalue weighted by atomic mass is 127. The zero-order valence-electron chi connectivity index (χ0n) is 16.2. The van der Waals surface area contributed by atoms with Gasteiger partial charge in [-0.3, -0.25) is 9.79 Å². The molecule has 0 fully saturated rings. The van der Waals surface area contributed by atoms with Crippen molar-refractivity contribution in [1.29, 1.82) is 0 Å². The molecule has 4 N–H and O–H groups in total. The number of halogens is 2. The number of fused-ring (bicyclic) bond motifs is 1. The predicted octanol–water partition coefficient (Wildman–Crippen LogP) is 3.16. The molecule has 0 radical (unpaired) electrons. The standard InChI is InChI=1S/C21H25FN4O2.HI/c1-2-23-21(25-13-19(27)14-7-9-16(22)10-8-14)24-12-15-11-20(28)26-18-6-4-3-5-17(15)18;/h3-10,15,19,27H,2,11-13H2,1H3,(H,26,28)(H2,23,24,25);1H. The van der Waals surface area contributed by atoms with Crippen LogP contribution in [0.5, 0.6) is 0 Å². The molecule has 3 rings (SSSR count). The zero-order valence-corrected chi connectivity index (χ0v) is 18.5. The molecular weight excluding hydrogens is 486 g/mol. The van der Waals surface area contributed by atoms with Crippen LogP contribution in [0.3, 0.4) is 0 Å². The minimum absolute atomic E-state index is 0. The quantitative estimate of drug-likeness (QED) is 0.272. The van der Waals surface area contributed by atoms with E-state index < -0.39 is 6.10 Å². The second-order valence-electron chi connectivity index (χ2n) is 6.70. The van der Waals surface area contributed by atoms with Crippen molar-refractivity contribution < 1.29 is 14.3 Å². The number of para-hydroxylation sites is 1. The van der Waals surface area contributed by atoms with Gasteiger partial charge in [-0.05, 0) is 36.2 Å². The number of aliphatic hydroxyl groups is 1. The molecule has 0 saturated carbocycles. The number of hydrogen-bond donors (Lipinski definition) is 4. The summed E-state index contributed by atoms with van der Waals surface area (Å²) < 4.78 is 13.0. The van der Waals surface area contributed by atoms with E-state index in [1.54, 1.807) is 12.1 Å². The summed E-state index contributed by atoms with van der Waals surface area (Å²) in [6, 6.07) is 13.5. The molecule has 2 unspecified atom stereocenters. The first-order valence-corrected chi connectivity index (χ1v) is 9.41. The van der Waals surface area contributed by atoms with Gasteiger partial charge in [0.15, 0.2) is 5.96 Å². The minimum atomic E-state index is -0.822. The highest BCUT2D eigenvalue weighted by Crippen LogP contribution is 2.31. The van der Waals surface area contributed by atoms with Crippen LogP contribution in [-0.2, 0) is 4.79 Å². The number of hydrogen-bond acceptors (Lipinski definition) is 3. The summed E-state index contributed by atoms with van der Waals surface area (Å²) in [5.74, 6) is 0.258. The van der Waals surface area contributed by atoms with Crippen molar-refractivity contribution in [2.75, 3.05) is 25.0 Å². The molecular formula is C21H26FIN4O2. The number of aliphatic hydroxyl groups excluding tert-OH is 1. The normalized spacial score (nSPS) is 16.9. The number of nitrogens with zero attached hydrogens (tertiary/aromatic N) is 1. The molecule has 1 amide bonds. The third kappa shape index (κ3) is 6.40. The Bertz CT molecular complexity index is 845. The first-order chi connectivity index (χ1) is 13.6. The molecule has 1 aliphatic heterocycles. The van der Waals surface area contributed by atoms with Crippen molar-refractivity contribution in [3.05, 3.63) is 65.5 Å². The van der Waals surface area contributed by atoms with Gasteiger partial charge >= 0.3 is 0 Å². The Morgan fingerprint density at radius 1 is 1.24 bits per heavy atom. The fourth-order valence-electron chi connectivity index (χ4n) is 3.21. The smallest absolute Gasteiger partial charge is 0.225 e. The summed E-state index contributed by atoms with van der Waals surface area (Å²) in [6.45, 7) is 3.31. The second-order valence-corrected chi connectivity index (χ2v) is 6.70. The minimum Gasteiger partial charge on any atom is -0.386 e. The molecule has 0 bridgehead atoms. The molecule has 156 valence electrons. The SMILES string of the molecule is CCNC(=NCC(O)c1ccc(F)cc1)NCC1CC(=O)Nc2ccccc21.I. The largest absolute Gasteiger partial charge is 0.386 e. The van der Waals surface area contributed by atoms with Crippen molar-refractivity contribution >= 4 is 41.5 Å². The van der Waals surface area contributed by atoms with Crippen LogP contribution >= 0.6 is 24.0 Å². The van der Waals surface area contributed by atoms with E-state index in [9.17, 15) is 14.3 Å². The van der Waals surface area contributed by atoms with E-state index in [4.69, 9.17) is 0 Å². The van der Waals surface area contributed by atoms with Crippen LogP contribution in [0.1, 0.15) is 36.5 Å². The van der Waals surface area contributed by atoms with Crippen molar-refractivity contribution in [2.24, 2.45) is 4.99 Å². The Morgan fingerprint density at radius 2 is 1.97 bits per heavy atom. The van der Waals surface area contributed by atoms with Gasteiger partial charge in [0.2, 0.25) is 5.91 Å². The van der Waals surface area contributed by atoms with Crippen molar-refractivity contribution in [3.8, 4) is 0 Å². The third-order valence-electron chi connectivity index (χ3n) is 4.64. The molecule has 0 spiro atoms. The van der Waals surface area contributed by atoms with Crippen LogP contribution in [0.15, 0.2) is 53.5 Å². The van der Waals surface area contributed by atoms with E-state index in [0.29, 0.717) is 31.0 Å². The maximum Gasteiger partial charge on any atom is 0.225 e. The number of amides is 1. The van der Waals surface area contributed by atoms with Gasteiger partial charge in [0.05, 0.1) is 12.6 Å². The molecule has 1 aliphatic rings. The molecule has 1 heterocycles. The van der Waals surface area contributed by atoms with Crippen molar-refractivity contribution in [2.45, 2.75) is 25.4 Å². The number of aliphatic imine (C=N–C) groups is 1. The Hall–Kier alpha value is -2.20. The second kappa shape index (κ2) is 11.1. The maximum atomic E-state index is 13.0. The molecule has 2 aromatic rings. The van der Waals surface area contributed by atoms with E-state index >= 15 is 0 Å². The Kier molecular flexibility index (Phi) is 8.84. The molecule has 0 aliphatic carbocycles. The molecule has 0 aromatic heterocycles. The highest BCUT2D eigenvalue weighted by Gasteiger charge is 2.24. The van der Waals surface area contributed by atoms with Gasteiger partial charge in [-0.2, -0.15) is 0 Å².